The molecule has 0 saturated heterocycles. The average Bonchev–Trinajstić information content (AvgIpc) is 3.05. The monoisotopic (exact) mass is 468 g/mol. The Hall–Kier alpha value is -2.46. The van der Waals surface area contributed by atoms with E-state index in [1.165, 1.54) is 28.6 Å². The fraction of sp³-hybridized carbons (Fsp3) is 0.222. The molecule has 0 saturated carbocycles. The van der Waals surface area contributed by atoms with Crippen LogP contribution in [0.5, 0.6) is 17.2 Å². The fourth-order valence-corrected chi connectivity index (χ4v) is 3.87. The van der Waals surface area contributed by atoms with E-state index in [0.29, 0.717) is 28.2 Å². The van der Waals surface area contributed by atoms with Crippen molar-refractivity contribution in [3.05, 3.63) is 58.1 Å². The molecule has 148 valence electrons. The van der Waals surface area contributed by atoms with Crippen LogP contribution in [0.3, 0.4) is 0 Å². The van der Waals surface area contributed by atoms with Crippen LogP contribution in [0.15, 0.2) is 46.0 Å². The Balaban J connectivity index is 1.67. The maximum Gasteiger partial charge on any atom is 0.210 e. The van der Waals surface area contributed by atoms with Gasteiger partial charge in [0, 0.05) is 10.2 Å². The van der Waals surface area contributed by atoms with Crippen molar-refractivity contribution in [2.45, 2.75) is 17.5 Å². The molecule has 0 aliphatic heterocycles. The van der Waals surface area contributed by atoms with E-state index < -0.39 is 5.82 Å². The predicted molar refractivity (Wildman–Crippen MR) is 108 cm³/mol. The number of nitrogens with two attached hydrogens (primary N) is 1. The van der Waals surface area contributed by atoms with Crippen molar-refractivity contribution >= 4 is 27.7 Å². The molecule has 0 radical (unpaired) electrons. The molecular formula is C18H18BrFN4O3S. The van der Waals surface area contributed by atoms with Gasteiger partial charge in [0.1, 0.15) is 6.61 Å². The van der Waals surface area contributed by atoms with Gasteiger partial charge in [-0.3, -0.25) is 0 Å². The van der Waals surface area contributed by atoms with Crippen LogP contribution in [0.25, 0.3) is 0 Å². The SMILES string of the molecule is COc1cc(Br)c(CSc2nnc(COc3ccccc3F)n2N)cc1OC. The van der Waals surface area contributed by atoms with Crippen LogP contribution in [0.4, 0.5) is 4.39 Å². The van der Waals surface area contributed by atoms with Crippen LogP contribution in [0, 0.1) is 5.82 Å². The number of thioether (sulfide) groups is 1. The van der Waals surface area contributed by atoms with Crippen molar-refractivity contribution < 1.29 is 18.6 Å². The molecule has 3 aromatic rings. The molecule has 0 atom stereocenters. The van der Waals surface area contributed by atoms with E-state index in [-0.39, 0.29) is 12.4 Å². The quantitative estimate of drug-likeness (QED) is 0.397. The lowest BCUT2D eigenvalue weighted by atomic mass is 10.2. The van der Waals surface area contributed by atoms with Crippen molar-refractivity contribution in [3.63, 3.8) is 0 Å². The molecule has 0 aliphatic carbocycles. The maximum absolute atomic E-state index is 13.6. The normalized spacial score (nSPS) is 10.7. The second kappa shape index (κ2) is 9.16. The van der Waals surface area contributed by atoms with E-state index in [0.717, 1.165) is 10.0 Å². The third-order valence-corrected chi connectivity index (χ3v) is 5.57. The highest BCUT2D eigenvalue weighted by Crippen LogP contribution is 2.35. The van der Waals surface area contributed by atoms with Crippen molar-refractivity contribution in [2.75, 3.05) is 20.1 Å². The van der Waals surface area contributed by atoms with Gasteiger partial charge in [0.05, 0.1) is 14.2 Å². The molecular weight excluding hydrogens is 451 g/mol. The first kappa shape index (κ1) is 20.3. The van der Waals surface area contributed by atoms with E-state index in [2.05, 4.69) is 26.1 Å². The maximum atomic E-state index is 13.6. The predicted octanol–water partition coefficient (Wildman–Crippen LogP) is 3.78. The number of hydrogen-bond acceptors (Lipinski definition) is 7. The summed E-state index contributed by atoms with van der Waals surface area (Å²) in [5, 5.41) is 8.61. The Morgan fingerprint density at radius 3 is 2.54 bits per heavy atom. The van der Waals surface area contributed by atoms with Gasteiger partial charge in [-0.1, -0.05) is 39.8 Å². The zero-order valence-electron chi connectivity index (χ0n) is 15.2. The van der Waals surface area contributed by atoms with Gasteiger partial charge in [-0.15, -0.1) is 10.2 Å². The molecule has 0 fully saturated rings. The van der Waals surface area contributed by atoms with Crippen LogP contribution < -0.4 is 20.1 Å². The number of rotatable bonds is 8. The Morgan fingerprint density at radius 1 is 1.11 bits per heavy atom. The first-order valence-corrected chi connectivity index (χ1v) is 9.91. The van der Waals surface area contributed by atoms with E-state index >= 15 is 0 Å². The summed E-state index contributed by atoms with van der Waals surface area (Å²) in [5.74, 6) is 7.97. The molecule has 1 heterocycles. The van der Waals surface area contributed by atoms with Crippen molar-refractivity contribution in [3.8, 4) is 17.2 Å². The van der Waals surface area contributed by atoms with Gasteiger partial charge in [0.25, 0.3) is 0 Å². The summed E-state index contributed by atoms with van der Waals surface area (Å²) in [6.07, 6.45) is 0. The van der Waals surface area contributed by atoms with Crippen molar-refractivity contribution in [1.29, 1.82) is 0 Å². The number of hydrogen-bond donors (Lipinski definition) is 1. The van der Waals surface area contributed by atoms with Gasteiger partial charge in [-0.25, -0.2) is 9.07 Å². The first-order valence-electron chi connectivity index (χ1n) is 8.13. The summed E-state index contributed by atoms with van der Waals surface area (Å²) in [7, 11) is 3.17. The highest BCUT2D eigenvalue weighted by molar-refractivity contribution is 9.10. The highest BCUT2D eigenvalue weighted by atomic mass is 79.9. The molecule has 2 N–H and O–H groups in total. The van der Waals surface area contributed by atoms with E-state index in [1.54, 1.807) is 26.4 Å². The molecule has 0 aliphatic rings. The summed E-state index contributed by atoms with van der Waals surface area (Å²) in [5.41, 5.74) is 0.981. The fourth-order valence-electron chi connectivity index (χ4n) is 2.36. The number of halogens is 2. The van der Waals surface area contributed by atoms with Crippen LogP contribution >= 0.6 is 27.7 Å². The molecule has 0 amide bonds. The number of aromatic nitrogens is 3. The minimum absolute atomic E-state index is 0.00501. The van der Waals surface area contributed by atoms with Crippen LogP contribution in [-0.4, -0.2) is 29.1 Å². The Bertz CT molecular complexity index is 970. The summed E-state index contributed by atoms with van der Waals surface area (Å²) < 4.78 is 31.9. The van der Waals surface area contributed by atoms with Crippen LogP contribution in [-0.2, 0) is 12.4 Å². The molecule has 0 bridgehead atoms. The molecule has 7 nitrogen and oxygen atoms in total. The van der Waals surface area contributed by atoms with Gasteiger partial charge in [-0.2, -0.15) is 0 Å². The van der Waals surface area contributed by atoms with E-state index in [4.69, 9.17) is 20.1 Å². The zero-order valence-corrected chi connectivity index (χ0v) is 17.6. The van der Waals surface area contributed by atoms with E-state index in [1.807, 2.05) is 12.1 Å². The second-order valence-electron chi connectivity index (χ2n) is 5.58. The number of para-hydroxylation sites is 1. The molecule has 2 aromatic carbocycles. The Labute approximate surface area is 174 Å². The van der Waals surface area contributed by atoms with Gasteiger partial charge in [0.2, 0.25) is 5.16 Å². The average molecular weight is 469 g/mol. The summed E-state index contributed by atoms with van der Waals surface area (Å²) in [4.78, 5) is 0. The molecule has 10 heteroatoms. The van der Waals surface area contributed by atoms with Gasteiger partial charge >= 0.3 is 0 Å². The largest absolute Gasteiger partial charge is 0.493 e. The lowest BCUT2D eigenvalue weighted by Gasteiger charge is -2.11. The number of benzene rings is 2. The smallest absolute Gasteiger partial charge is 0.210 e. The third kappa shape index (κ3) is 4.50. The van der Waals surface area contributed by atoms with Crippen molar-refractivity contribution in [1.82, 2.24) is 14.9 Å². The lowest BCUT2D eigenvalue weighted by Crippen LogP contribution is -2.16. The number of ether oxygens (including phenoxy) is 3. The number of methoxy groups -OCH3 is 2. The Morgan fingerprint density at radius 2 is 1.82 bits per heavy atom. The summed E-state index contributed by atoms with van der Waals surface area (Å²) in [6, 6.07) is 9.87. The standard InChI is InChI=1S/C18H18BrFN4O3S/c1-25-15-7-11(12(19)8-16(15)26-2)10-28-18-23-22-17(24(18)21)9-27-14-6-4-3-5-13(14)20/h3-8H,9-10,21H2,1-2H3. The Kier molecular flexibility index (Phi) is 6.63. The van der Waals surface area contributed by atoms with E-state index in [9.17, 15) is 4.39 Å². The van der Waals surface area contributed by atoms with Gasteiger partial charge in [-0.05, 0) is 29.8 Å². The highest BCUT2D eigenvalue weighted by Gasteiger charge is 2.14. The second-order valence-corrected chi connectivity index (χ2v) is 7.37. The third-order valence-electron chi connectivity index (χ3n) is 3.84. The minimum Gasteiger partial charge on any atom is -0.493 e. The van der Waals surface area contributed by atoms with Crippen LogP contribution in [0.2, 0.25) is 0 Å². The van der Waals surface area contributed by atoms with Gasteiger partial charge in [0.15, 0.2) is 28.9 Å². The zero-order chi connectivity index (χ0) is 20.1. The molecule has 3 rings (SSSR count). The summed E-state index contributed by atoms with van der Waals surface area (Å²) in [6.45, 7) is 0.00501. The minimum atomic E-state index is -0.446. The van der Waals surface area contributed by atoms with Crippen molar-refractivity contribution in [2.24, 2.45) is 0 Å². The summed E-state index contributed by atoms with van der Waals surface area (Å²) >= 11 is 4.93. The molecule has 0 unspecified atom stereocenters. The first-order chi connectivity index (χ1) is 13.5. The lowest BCUT2D eigenvalue weighted by molar-refractivity contribution is 0.277. The van der Waals surface area contributed by atoms with Crippen LogP contribution in [0.1, 0.15) is 11.4 Å². The molecule has 0 spiro atoms. The molecule has 1 aromatic heterocycles. The topological polar surface area (TPSA) is 84.4 Å². The molecule has 28 heavy (non-hydrogen) atoms. The number of nitrogen functional groups attached to an aromatic ring is 1. The number of nitrogens with zero attached hydrogens (tertiary/aromatic N) is 3. The van der Waals surface area contributed by atoms with Gasteiger partial charge < -0.3 is 20.1 Å².